The first-order valence-corrected chi connectivity index (χ1v) is 11.8. The second kappa shape index (κ2) is 13.4. The number of hydrogen-bond acceptors (Lipinski definition) is 7. The Kier molecular flexibility index (Phi) is 10.6. The molecule has 0 saturated carbocycles. The second-order valence-electron chi connectivity index (χ2n) is 8.38. The van der Waals surface area contributed by atoms with Crippen LogP contribution in [0.25, 0.3) is 5.69 Å². The fourth-order valence-electron chi connectivity index (χ4n) is 3.48. The number of amides is 2. The Bertz CT molecular complexity index is 1070. The average molecular weight is 505 g/mol. The molecule has 0 bridgehead atoms. The monoisotopic (exact) mass is 504 g/mol. The Morgan fingerprint density at radius 1 is 1.03 bits per heavy atom. The number of benzene rings is 1. The summed E-state index contributed by atoms with van der Waals surface area (Å²) in [5, 5.41) is 9.51. The number of ether oxygens (including phenoxy) is 2. The standard InChI is InChI=1S/C25H33FN4O6/c1-6-35-21(31)13-12-20(25(34)36-7-2)28-24(33)22(15(3)4)29-23(32)19-14-27-30(16(19)5)18-10-8-17(26)9-11-18/h8-11,14-15,20,22H,6-7,12-13H2,1-5H3,(H,28,33)(H,29,32)/t20-,22+/m1/s1. The van der Waals surface area contributed by atoms with Gasteiger partial charge in [0.15, 0.2) is 0 Å². The maximum Gasteiger partial charge on any atom is 0.328 e. The summed E-state index contributed by atoms with van der Waals surface area (Å²) in [6.45, 7) is 8.79. The highest BCUT2D eigenvalue weighted by Crippen LogP contribution is 2.16. The number of esters is 2. The Labute approximate surface area is 209 Å². The molecule has 1 heterocycles. The van der Waals surface area contributed by atoms with Crippen molar-refractivity contribution < 1.29 is 33.0 Å². The van der Waals surface area contributed by atoms with E-state index in [0.717, 1.165) is 0 Å². The first-order valence-electron chi connectivity index (χ1n) is 11.8. The molecule has 10 nitrogen and oxygen atoms in total. The van der Waals surface area contributed by atoms with Crippen molar-refractivity contribution in [1.29, 1.82) is 0 Å². The van der Waals surface area contributed by atoms with Crippen LogP contribution in [0.15, 0.2) is 30.5 Å². The number of hydrogen-bond donors (Lipinski definition) is 2. The predicted octanol–water partition coefficient (Wildman–Crippen LogP) is 2.47. The van der Waals surface area contributed by atoms with Crippen molar-refractivity contribution >= 4 is 23.8 Å². The number of rotatable bonds is 12. The van der Waals surface area contributed by atoms with E-state index in [4.69, 9.17) is 9.47 Å². The minimum atomic E-state index is -1.08. The molecular weight excluding hydrogens is 471 g/mol. The van der Waals surface area contributed by atoms with Crippen LogP contribution in [0.4, 0.5) is 4.39 Å². The highest BCUT2D eigenvalue weighted by molar-refractivity contribution is 5.99. The van der Waals surface area contributed by atoms with E-state index in [2.05, 4.69) is 15.7 Å². The maximum absolute atomic E-state index is 13.3. The van der Waals surface area contributed by atoms with E-state index < -0.39 is 41.7 Å². The molecule has 2 rings (SSSR count). The van der Waals surface area contributed by atoms with Crippen LogP contribution in [0, 0.1) is 18.7 Å². The number of nitrogens with one attached hydrogen (secondary N) is 2. The Hall–Kier alpha value is -3.76. The molecule has 2 atom stereocenters. The molecule has 0 spiro atoms. The quantitative estimate of drug-likeness (QED) is 0.425. The molecule has 0 fully saturated rings. The Morgan fingerprint density at radius 2 is 1.67 bits per heavy atom. The summed E-state index contributed by atoms with van der Waals surface area (Å²) in [5.74, 6) is -3.02. The number of carbonyl (C=O) groups is 4. The summed E-state index contributed by atoms with van der Waals surface area (Å²) in [7, 11) is 0. The smallest absolute Gasteiger partial charge is 0.328 e. The van der Waals surface area contributed by atoms with Crippen molar-refractivity contribution in [3.8, 4) is 5.69 Å². The van der Waals surface area contributed by atoms with E-state index in [9.17, 15) is 23.6 Å². The van der Waals surface area contributed by atoms with E-state index in [0.29, 0.717) is 11.4 Å². The molecule has 36 heavy (non-hydrogen) atoms. The van der Waals surface area contributed by atoms with Gasteiger partial charge >= 0.3 is 11.9 Å². The van der Waals surface area contributed by atoms with Crippen LogP contribution in [-0.2, 0) is 23.9 Å². The van der Waals surface area contributed by atoms with Gasteiger partial charge in [-0.1, -0.05) is 13.8 Å². The summed E-state index contributed by atoms with van der Waals surface area (Å²) in [6.07, 6.45) is 1.27. The van der Waals surface area contributed by atoms with Gasteiger partial charge in [-0.15, -0.1) is 0 Å². The van der Waals surface area contributed by atoms with Gasteiger partial charge in [0.25, 0.3) is 5.91 Å². The fraction of sp³-hybridized carbons (Fsp3) is 0.480. The van der Waals surface area contributed by atoms with E-state index in [-0.39, 0.29) is 37.5 Å². The highest BCUT2D eigenvalue weighted by atomic mass is 19.1. The van der Waals surface area contributed by atoms with Crippen molar-refractivity contribution in [2.45, 2.75) is 59.5 Å². The second-order valence-corrected chi connectivity index (χ2v) is 8.38. The Morgan fingerprint density at radius 3 is 2.25 bits per heavy atom. The van der Waals surface area contributed by atoms with Gasteiger partial charge < -0.3 is 20.1 Å². The van der Waals surface area contributed by atoms with Gasteiger partial charge in [-0.05, 0) is 57.4 Å². The summed E-state index contributed by atoms with van der Waals surface area (Å²) in [4.78, 5) is 50.2. The van der Waals surface area contributed by atoms with Gasteiger partial charge in [0.2, 0.25) is 5.91 Å². The van der Waals surface area contributed by atoms with Gasteiger partial charge in [-0.3, -0.25) is 14.4 Å². The van der Waals surface area contributed by atoms with Crippen molar-refractivity contribution in [3.05, 3.63) is 47.5 Å². The zero-order valence-electron chi connectivity index (χ0n) is 21.2. The van der Waals surface area contributed by atoms with Crippen molar-refractivity contribution in [2.24, 2.45) is 5.92 Å². The van der Waals surface area contributed by atoms with Crippen LogP contribution in [-0.4, -0.2) is 58.8 Å². The molecule has 0 saturated heterocycles. The van der Waals surface area contributed by atoms with Crippen LogP contribution in [0.1, 0.15) is 56.6 Å². The summed E-state index contributed by atoms with van der Waals surface area (Å²) < 4.78 is 24.7. The molecule has 0 aliphatic carbocycles. The van der Waals surface area contributed by atoms with Crippen LogP contribution < -0.4 is 10.6 Å². The largest absolute Gasteiger partial charge is 0.466 e. The number of carbonyl (C=O) groups excluding carboxylic acids is 4. The van der Waals surface area contributed by atoms with Crippen LogP contribution >= 0.6 is 0 Å². The highest BCUT2D eigenvalue weighted by Gasteiger charge is 2.31. The molecular formula is C25H33FN4O6. The SMILES string of the molecule is CCOC(=O)CC[C@@H](NC(=O)[C@@H](NC(=O)c1cnn(-c2ccc(F)cc2)c1C)C(C)C)C(=O)OCC. The molecule has 0 unspecified atom stereocenters. The van der Waals surface area contributed by atoms with Crippen LogP contribution in [0.2, 0.25) is 0 Å². The third-order valence-electron chi connectivity index (χ3n) is 5.39. The zero-order chi connectivity index (χ0) is 26.8. The van der Waals surface area contributed by atoms with Gasteiger partial charge in [0.05, 0.1) is 36.4 Å². The fourth-order valence-corrected chi connectivity index (χ4v) is 3.48. The minimum absolute atomic E-state index is 0.00822. The van der Waals surface area contributed by atoms with Crippen molar-refractivity contribution in [3.63, 3.8) is 0 Å². The van der Waals surface area contributed by atoms with Crippen LogP contribution in [0.3, 0.4) is 0 Å². The first-order chi connectivity index (χ1) is 17.1. The molecule has 2 N–H and O–H groups in total. The molecule has 0 aliphatic heterocycles. The average Bonchev–Trinajstić information content (AvgIpc) is 3.21. The minimum Gasteiger partial charge on any atom is -0.466 e. The van der Waals surface area contributed by atoms with E-state index in [1.807, 2.05) is 0 Å². The summed E-state index contributed by atoms with van der Waals surface area (Å²) in [5.41, 5.74) is 1.31. The van der Waals surface area contributed by atoms with Gasteiger partial charge in [0, 0.05) is 6.42 Å². The molecule has 1 aromatic carbocycles. The molecule has 2 aromatic rings. The lowest BCUT2D eigenvalue weighted by Gasteiger charge is -2.24. The predicted molar refractivity (Wildman–Crippen MR) is 129 cm³/mol. The Balaban J connectivity index is 2.15. The zero-order valence-corrected chi connectivity index (χ0v) is 21.2. The molecule has 1 aromatic heterocycles. The third kappa shape index (κ3) is 7.62. The number of nitrogens with zero attached hydrogens (tertiary/aromatic N) is 2. The van der Waals surface area contributed by atoms with Crippen molar-refractivity contribution in [1.82, 2.24) is 20.4 Å². The first kappa shape index (κ1) is 28.5. The number of aromatic nitrogens is 2. The lowest BCUT2D eigenvalue weighted by Crippen LogP contribution is -2.54. The van der Waals surface area contributed by atoms with Gasteiger partial charge in [0.1, 0.15) is 17.9 Å². The molecule has 2 amide bonds. The maximum atomic E-state index is 13.3. The summed E-state index contributed by atoms with van der Waals surface area (Å²) >= 11 is 0. The van der Waals surface area contributed by atoms with Gasteiger partial charge in [-0.25, -0.2) is 13.9 Å². The lowest BCUT2D eigenvalue weighted by atomic mass is 10.0. The molecule has 0 radical (unpaired) electrons. The number of halogens is 1. The molecule has 11 heteroatoms. The lowest BCUT2D eigenvalue weighted by molar-refractivity contribution is -0.149. The van der Waals surface area contributed by atoms with Gasteiger partial charge in [-0.2, -0.15) is 5.10 Å². The van der Waals surface area contributed by atoms with Crippen LogP contribution in [0.5, 0.6) is 0 Å². The topological polar surface area (TPSA) is 129 Å². The van der Waals surface area contributed by atoms with E-state index >= 15 is 0 Å². The normalized spacial score (nSPS) is 12.5. The molecule has 196 valence electrons. The molecule has 0 aliphatic rings. The van der Waals surface area contributed by atoms with Crippen molar-refractivity contribution in [2.75, 3.05) is 13.2 Å². The van der Waals surface area contributed by atoms with E-state index in [1.165, 1.54) is 35.1 Å². The third-order valence-corrected chi connectivity index (χ3v) is 5.39. The van der Waals surface area contributed by atoms with E-state index in [1.54, 1.807) is 34.6 Å². The summed E-state index contributed by atoms with van der Waals surface area (Å²) in [6, 6.07) is 3.59.